The van der Waals surface area contributed by atoms with Crippen molar-refractivity contribution in [2.24, 2.45) is 0 Å². The molecule has 0 saturated carbocycles. The van der Waals surface area contributed by atoms with Gasteiger partial charge in [0, 0.05) is 32.2 Å². The summed E-state index contributed by atoms with van der Waals surface area (Å²) in [6.45, 7) is 8.01. The fraction of sp³-hybridized carbons (Fsp3) is 0.429. The summed E-state index contributed by atoms with van der Waals surface area (Å²) < 4.78 is 0. The van der Waals surface area contributed by atoms with E-state index in [1.807, 2.05) is 18.2 Å². The van der Waals surface area contributed by atoms with Gasteiger partial charge < -0.3 is 10.4 Å². The smallest absolute Gasteiger partial charge is 0.115 e. The number of phenols is 1. The van der Waals surface area contributed by atoms with Crippen molar-refractivity contribution >= 4 is 24.8 Å². The predicted molar refractivity (Wildman–Crippen MR) is 84.6 cm³/mol. The van der Waals surface area contributed by atoms with Gasteiger partial charge in [-0.15, -0.1) is 31.4 Å². The number of aromatic hydroxyl groups is 1. The molecule has 0 unspecified atom stereocenters. The van der Waals surface area contributed by atoms with Crippen molar-refractivity contribution in [2.75, 3.05) is 26.2 Å². The average Bonchev–Trinajstić information content (AvgIpc) is 2.37. The van der Waals surface area contributed by atoms with Crippen LogP contribution in [-0.4, -0.2) is 36.2 Å². The van der Waals surface area contributed by atoms with E-state index < -0.39 is 0 Å². The minimum absolute atomic E-state index is 0. The molecule has 0 aliphatic carbocycles. The minimum atomic E-state index is 0. The summed E-state index contributed by atoms with van der Waals surface area (Å²) in [7, 11) is 0. The highest BCUT2D eigenvalue weighted by molar-refractivity contribution is 5.85. The van der Waals surface area contributed by atoms with Crippen LogP contribution >= 0.6 is 24.8 Å². The Morgan fingerprint density at radius 1 is 1.32 bits per heavy atom. The van der Waals surface area contributed by atoms with Gasteiger partial charge in [-0.3, -0.25) is 4.90 Å². The zero-order chi connectivity index (χ0) is 12.1. The van der Waals surface area contributed by atoms with E-state index in [1.165, 1.54) is 5.56 Å². The van der Waals surface area contributed by atoms with Crippen molar-refractivity contribution in [2.45, 2.75) is 12.5 Å². The lowest BCUT2D eigenvalue weighted by Gasteiger charge is -2.34. The molecule has 5 heteroatoms. The number of hydrogen-bond donors (Lipinski definition) is 2. The van der Waals surface area contributed by atoms with E-state index in [-0.39, 0.29) is 24.8 Å². The molecule has 0 radical (unpaired) electrons. The quantitative estimate of drug-likeness (QED) is 0.840. The lowest BCUT2D eigenvalue weighted by molar-refractivity contribution is 0.174. The van der Waals surface area contributed by atoms with E-state index in [9.17, 15) is 5.11 Å². The lowest BCUT2D eigenvalue weighted by Crippen LogP contribution is -2.45. The molecule has 108 valence electrons. The summed E-state index contributed by atoms with van der Waals surface area (Å²) in [5.41, 5.74) is 1.17. The molecule has 0 aromatic heterocycles. The first-order valence-electron chi connectivity index (χ1n) is 6.16. The zero-order valence-corrected chi connectivity index (χ0v) is 12.6. The Hall–Kier alpha value is -0.740. The highest BCUT2D eigenvalue weighted by atomic mass is 35.5. The van der Waals surface area contributed by atoms with Crippen molar-refractivity contribution in [1.29, 1.82) is 0 Å². The minimum Gasteiger partial charge on any atom is -0.508 e. The van der Waals surface area contributed by atoms with Crippen LogP contribution in [0.3, 0.4) is 0 Å². The maximum atomic E-state index is 9.57. The topological polar surface area (TPSA) is 35.5 Å². The SMILES string of the molecule is C=CC[C@@H](c1cccc(O)c1)N1CCNCC1.Cl.Cl. The summed E-state index contributed by atoms with van der Waals surface area (Å²) in [5, 5.41) is 12.9. The second kappa shape index (κ2) is 9.21. The highest BCUT2D eigenvalue weighted by Crippen LogP contribution is 2.27. The molecule has 19 heavy (non-hydrogen) atoms. The van der Waals surface area contributed by atoms with Crippen molar-refractivity contribution in [1.82, 2.24) is 10.2 Å². The van der Waals surface area contributed by atoms with Crippen molar-refractivity contribution < 1.29 is 5.11 Å². The molecule has 1 fully saturated rings. The van der Waals surface area contributed by atoms with Crippen LogP contribution in [0.2, 0.25) is 0 Å². The molecule has 1 saturated heterocycles. The van der Waals surface area contributed by atoms with Crippen molar-refractivity contribution in [3.8, 4) is 5.75 Å². The summed E-state index contributed by atoms with van der Waals surface area (Å²) in [6, 6.07) is 7.89. The Labute approximate surface area is 127 Å². The first-order valence-corrected chi connectivity index (χ1v) is 6.16. The number of nitrogens with zero attached hydrogens (tertiary/aromatic N) is 1. The Kier molecular flexibility index (Phi) is 8.85. The third-order valence-corrected chi connectivity index (χ3v) is 3.24. The van der Waals surface area contributed by atoms with Gasteiger partial charge in [-0.2, -0.15) is 0 Å². The first-order chi connectivity index (χ1) is 8.31. The van der Waals surface area contributed by atoms with Gasteiger partial charge in [0.2, 0.25) is 0 Å². The molecule has 1 aliphatic rings. The molecule has 1 aromatic carbocycles. The third kappa shape index (κ3) is 5.03. The molecule has 0 bridgehead atoms. The zero-order valence-electron chi connectivity index (χ0n) is 10.9. The molecular weight excluding hydrogens is 283 g/mol. The van der Waals surface area contributed by atoms with E-state index in [4.69, 9.17) is 0 Å². The maximum Gasteiger partial charge on any atom is 0.115 e. The summed E-state index contributed by atoms with van der Waals surface area (Å²) in [6.07, 6.45) is 2.88. The number of hydrogen-bond acceptors (Lipinski definition) is 3. The number of piperazine rings is 1. The monoisotopic (exact) mass is 304 g/mol. The van der Waals surface area contributed by atoms with Gasteiger partial charge in [-0.25, -0.2) is 0 Å². The van der Waals surface area contributed by atoms with Crippen molar-refractivity contribution in [3.63, 3.8) is 0 Å². The summed E-state index contributed by atoms with van der Waals surface area (Å²) >= 11 is 0. The number of benzene rings is 1. The maximum absolute atomic E-state index is 9.57. The summed E-state index contributed by atoms with van der Waals surface area (Å²) in [5.74, 6) is 0.340. The van der Waals surface area contributed by atoms with Gasteiger partial charge in [0.1, 0.15) is 5.75 Å². The van der Waals surface area contributed by atoms with Gasteiger partial charge in [0.05, 0.1) is 0 Å². The van der Waals surface area contributed by atoms with Crippen LogP contribution in [0.15, 0.2) is 36.9 Å². The second-order valence-corrected chi connectivity index (χ2v) is 4.42. The molecule has 2 rings (SSSR count). The molecule has 1 aromatic rings. The Morgan fingerprint density at radius 3 is 2.58 bits per heavy atom. The molecule has 3 nitrogen and oxygen atoms in total. The van der Waals surface area contributed by atoms with Crippen LogP contribution in [0.25, 0.3) is 0 Å². The highest BCUT2D eigenvalue weighted by Gasteiger charge is 2.20. The number of halogens is 2. The van der Waals surface area contributed by atoms with E-state index in [1.54, 1.807) is 6.07 Å². The molecule has 2 N–H and O–H groups in total. The predicted octanol–water partition coefficient (Wildman–Crippen LogP) is 2.76. The van der Waals surface area contributed by atoms with Crippen LogP contribution in [-0.2, 0) is 0 Å². The van der Waals surface area contributed by atoms with Crippen LogP contribution in [0.5, 0.6) is 5.75 Å². The van der Waals surface area contributed by atoms with Gasteiger partial charge >= 0.3 is 0 Å². The van der Waals surface area contributed by atoms with Gasteiger partial charge in [-0.05, 0) is 24.1 Å². The summed E-state index contributed by atoms with van der Waals surface area (Å²) in [4.78, 5) is 2.45. The largest absolute Gasteiger partial charge is 0.508 e. The Balaban J connectivity index is 0.00000162. The molecular formula is C14H22Cl2N2O. The second-order valence-electron chi connectivity index (χ2n) is 4.42. The van der Waals surface area contributed by atoms with E-state index in [0.29, 0.717) is 11.8 Å². The number of phenolic OH excluding ortho intramolecular Hbond substituents is 1. The van der Waals surface area contributed by atoms with E-state index in [0.717, 1.165) is 32.6 Å². The molecule has 0 spiro atoms. The van der Waals surface area contributed by atoms with Crippen LogP contribution in [0.4, 0.5) is 0 Å². The van der Waals surface area contributed by atoms with Crippen LogP contribution < -0.4 is 5.32 Å². The van der Waals surface area contributed by atoms with Crippen LogP contribution in [0, 0.1) is 0 Å². The van der Waals surface area contributed by atoms with E-state index >= 15 is 0 Å². The first kappa shape index (κ1) is 18.3. The normalized spacial score (nSPS) is 16.8. The third-order valence-electron chi connectivity index (χ3n) is 3.24. The average molecular weight is 305 g/mol. The molecule has 1 atom stereocenters. The Morgan fingerprint density at radius 2 is 2.00 bits per heavy atom. The number of nitrogens with one attached hydrogen (secondary N) is 1. The fourth-order valence-electron chi connectivity index (χ4n) is 2.38. The Bertz CT molecular complexity index is 381. The van der Waals surface area contributed by atoms with Crippen LogP contribution in [0.1, 0.15) is 18.0 Å². The number of rotatable bonds is 4. The van der Waals surface area contributed by atoms with Gasteiger partial charge in [0.25, 0.3) is 0 Å². The van der Waals surface area contributed by atoms with Gasteiger partial charge in [-0.1, -0.05) is 18.2 Å². The van der Waals surface area contributed by atoms with E-state index in [2.05, 4.69) is 22.9 Å². The lowest BCUT2D eigenvalue weighted by atomic mass is 10.0. The molecule has 1 aliphatic heterocycles. The fourth-order valence-corrected chi connectivity index (χ4v) is 2.38. The van der Waals surface area contributed by atoms with Crippen molar-refractivity contribution in [3.05, 3.63) is 42.5 Å². The van der Waals surface area contributed by atoms with Gasteiger partial charge in [0.15, 0.2) is 0 Å². The molecule has 0 amide bonds. The standard InChI is InChI=1S/C14H20N2O.2ClH/c1-2-4-14(16-9-7-15-8-10-16)12-5-3-6-13(17)11-12;;/h2-3,5-6,11,14-15,17H,1,4,7-10H2;2*1H/t14-;;/m0../s1. The molecule has 1 heterocycles.